The number of fused-ring (bicyclic) bond motifs is 1. The monoisotopic (exact) mass is 398 g/mol. The molecule has 2 amide bonds. The van der Waals surface area contributed by atoms with Gasteiger partial charge in [-0.2, -0.15) is 0 Å². The van der Waals surface area contributed by atoms with E-state index in [1.54, 1.807) is 48.2 Å². The lowest BCUT2D eigenvalue weighted by molar-refractivity contribution is -0.139. The number of amides is 2. The van der Waals surface area contributed by atoms with Crippen LogP contribution in [0.2, 0.25) is 0 Å². The van der Waals surface area contributed by atoms with E-state index in [1.807, 2.05) is 12.1 Å². The molecule has 0 saturated carbocycles. The summed E-state index contributed by atoms with van der Waals surface area (Å²) in [5, 5.41) is 11.5. The molecule has 29 heavy (non-hydrogen) atoms. The van der Waals surface area contributed by atoms with Crippen LogP contribution in [-0.4, -0.2) is 42.1 Å². The minimum absolute atomic E-state index is 0.141. The highest BCUT2D eigenvalue weighted by Crippen LogP contribution is 2.33. The van der Waals surface area contributed by atoms with E-state index < -0.39 is 18.7 Å². The quantitative estimate of drug-likeness (QED) is 0.704. The number of hydrogen-bond donors (Lipinski definition) is 2. The zero-order valence-electron chi connectivity index (χ0n) is 16.0. The number of nitrogens with one attached hydrogen (secondary N) is 1. The van der Waals surface area contributed by atoms with Gasteiger partial charge in [-0.3, -0.25) is 9.59 Å². The predicted octanol–water partition coefficient (Wildman–Crippen LogP) is 1.97. The highest BCUT2D eigenvalue weighted by Gasteiger charge is 2.31. The Morgan fingerprint density at radius 3 is 2.79 bits per heavy atom. The first-order valence-corrected chi connectivity index (χ1v) is 9.21. The number of ether oxygens (including phenoxy) is 2. The Bertz CT molecular complexity index is 914. The molecule has 0 bridgehead atoms. The number of aliphatic carboxylic acids is 1. The average molecular weight is 398 g/mol. The van der Waals surface area contributed by atoms with E-state index in [-0.39, 0.29) is 31.3 Å². The van der Waals surface area contributed by atoms with Crippen molar-refractivity contribution in [1.29, 1.82) is 0 Å². The molecule has 8 nitrogen and oxygen atoms in total. The third-order valence-electron chi connectivity index (χ3n) is 4.39. The Morgan fingerprint density at radius 2 is 2.00 bits per heavy atom. The summed E-state index contributed by atoms with van der Waals surface area (Å²) in [6, 6.07) is 14.1. The summed E-state index contributed by atoms with van der Waals surface area (Å²) in [5.41, 5.74) is 1.44. The number of carboxylic acids is 1. The maximum Gasteiger partial charge on any atom is 0.341 e. The Morgan fingerprint density at radius 1 is 1.21 bits per heavy atom. The van der Waals surface area contributed by atoms with E-state index in [1.165, 1.54) is 0 Å². The van der Waals surface area contributed by atoms with Gasteiger partial charge in [0.15, 0.2) is 12.7 Å². The zero-order chi connectivity index (χ0) is 20.8. The number of benzene rings is 2. The summed E-state index contributed by atoms with van der Waals surface area (Å²) in [6.07, 6.45) is -0.455. The minimum Gasteiger partial charge on any atom is -0.482 e. The lowest BCUT2D eigenvalue weighted by atomic mass is 10.1. The number of carbonyl (C=O) groups is 3. The third kappa shape index (κ3) is 5.25. The van der Waals surface area contributed by atoms with Crippen molar-refractivity contribution >= 4 is 23.5 Å². The van der Waals surface area contributed by atoms with Crippen molar-refractivity contribution in [3.8, 4) is 11.5 Å². The van der Waals surface area contributed by atoms with Gasteiger partial charge in [-0.25, -0.2) is 4.79 Å². The van der Waals surface area contributed by atoms with Crippen LogP contribution in [0.25, 0.3) is 0 Å². The lowest BCUT2D eigenvalue weighted by Crippen LogP contribution is -2.45. The summed E-state index contributed by atoms with van der Waals surface area (Å²) < 4.78 is 10.7. The number of rotatable bonds is 8. The Balaban J connectivity index is 1.53. The third-order valence-corrected chi connectivity index (χ3v) is 4.39. The van der Waals surface area contributed by atoms with Gasteiger partial charge >= 0.3 is 5.97 Å². The molecule has 1 aliphatic heterocycles. The van der Waals surface area contributed by atoms with Crippen LogP contribution < -0.4 is 19.7 Å². The molecule has 0 aromatic heterocycles. The maximum atomic E-state index is 12.4. The van der Waals surface area contributed by atoms with Crippen LogP contribution in [0.3, 0.4) is 0 Å². The van der Waals surface area contributed by atoms with Crippen LogP contribution in [-0.2, 0) is 20.9 Å². The van der Waals surface area contributed by atoms with Gasteiger partial charge in [0.2, 0.25) is 5.91 Å². The summed E-state index contributed by atoms with van der Waals surface area (Å²) in [7, 11) is 0. The van der Waals surface area contributed by atoms with Crippen molar-refractivity contribution in [1.82, 2.24) is 5.32 Å². The van der Waals surface area contributed by atoms with Gasteiger partial charge in [0, 0.05) is 19.5 Å². The first-order valence-electron chi connectivity index (χ1n) is 9.21. The van der Waals surface area contributed by atoms with E-state index >= 15 is 0 Å². The summed E-state index contributed by atoms with van der Waals surface area (Å²) in [6.45, 7) is 1.78. The topological polar surface area (TPSA) is 105 Å². The molecule has 1 atom stereocenters. The normalized spacial score (nSPS) is 15.3. The van der Waals surface area contributed by atoms with Crippen molar-refractivity contribution in [3.05, 3.63) is 54.1 Å². The van der Waals surface area contributed by atoms with Gasteiger partial charge in [-0.15, -0.1) is 0 Å². The number of hydrogen-bond acceptors (Lipinski definition) is 5. The molecule has 2 aromatic rings. The molecule has 0 radical (unpaired) electrons. The molecule has 0 aliphatic carbocycles. The molecule has 0 saturated heterocycles. The molecule has 0 fully saturated rings. The Hall–Kier alpha value is -3.55. The molecule has 2 N–H and O–H groups in total. The minimum atomic E-state index is -1.06. The van der Waals surface area contributed by atoms with Gasteiger partial charge < -0.3 is 24.8 Å². The van der Waals surface area contributed by atoms with E-state index in [4.69, 9.17) is 14.6 Å². The first-order chi connectivity index (χ1) is 13.9. The fraction of sp³-hybridized carbons (Fsp3) is 0.286. The van der Waals surface area contributed by atoms with Gasteiger partial charge in [0.25, 0.3) is 5.91 Å². The molecule has 3 rings (SSSR count). The molecule has 1 aliphatic rings. The highest BCUT2D eigenvalue weighted by atomic mass is 16.5. The fourth-order valence-electron chi connectivity index (χ4n) is 2.98. The lowest BCUT2D eigenvalue weighted by Gasteiger charge is -2.32. The number of anilines is 1. The first kappa shape index (κ1) is 20.2. The van der Waals surface area contributed by atoms with Gasteiger partial charge in [-0.1, -0.05) is 24.3 Å². The Kier molecular flexibility index (Phi) is 6.33. The highest BCUT2D eigenvalue weighted by molar-refractivity contribution is 6.00. The summed E-state index contributed by atoms with van der Waals surface area (Å²) in [5.74, 6) is -0.398. The van der Waals surface area contributed by atoms with Crippen LogP contribution >= 0.6 is 0 Å². The van der Waals surface area contributed by atoms with Crippen molar-refractivity contribution < 1.29 is 29.0 Å². The maximum absolute atomic E-state index is 12.4. The van der Waals surface area contributed by atoms with Crippen molar-refractivity contribution in [2.24, 2.45) is 0 Å². The summed E-state index contributed by atoms with van der Waals surface area (Å²) >= 11 is 0. The average Bonchev–Trinajstić information content (AvgIpc) is 2.71. The molecule has 2 aromatic carbocycles. The zero-order valence-corrected chi connectivity index (χ0v) is 16.0. The van der Waals surface area contributed by atoms with E-state index in [0.717, 1.165) is 5.56 Å². The van der Waals surface area contributed by atoms with Crippen LogP contribution in [0, 0.1) is 0 Å². The predicted molar refractivity (Wildman–Crippen MR) is 105 cm³/mol. The van der Waals surface area contributed by atoms with E-state index in [9.17, 15) is 14.4 Å². The SMILES string of the molecule is C[C@H]1Oc2ccccc2N(CCC(=O)NCc2cccc(OCC(=O)O)c2)C1=O. The van der Waals surface area contributed by atoms with Gasteiger partial charge in [0.05, 0.1) is 5.69 Å². The van der Waals surface area contributed by atoms with E-state index in [2.05, 4.69) is 5.32 Å². The van der Waals surface area contributed by atoms with Crippen molar-refractivity contribution in [2.75, 3.05) is 18.1 Å². The van der Waals surface area contributed by atoms with Crippen LogP contribution in [0.5, 0.6) is 11.5 Å². The second-order valence-corrected chi connectivity index (χ2v) is 6.57. The molecule has 0 unspecified atom stereocenters. The number of para-hydroxylation sites is 2. The molecule has 0 spiro atoms. The number of nitrogens with zero attached hydrogens (tertiary/aromatic N) is 1. The number of carboxylic acid groups (broad SMARTS) is 1. The van der Waals surface area contributed by atoms with Crippen molar-refractivity contribution in [2.45, 2.75) is 26.0 Å². The second-order valence-electron chi connectivity index (χ2n) is 6.57. The van der Waals surface area contributed by atoms with Gasteiger partial charge in [0.1, 0.15) is 11.5 Å². The Labute approximate surface area is 168 Å². The second kappa shape index (κ2) is 9.09. The van der Waals surface area contributed by atoms with Crippen LogP contribution in [0.1, 0.15) is 18.9 Å². The summed E-state index contributed by atoms with van der Waals surface area (Å²) in [4.78, 5) is 36.9. The van der Waals surface area contributed by atoms with Crippen LogP contribution in [0.4, 0.5) is 5.69 Å². The van der Waals surface area contributed by atoms with E-state index in [0.29, 0.717) is 17.2 Å². The molecule has 8 heteroatoms. The largest absolute Gasteiger partial charge is 0.482 e. The van der Waals surface area contributed by atoms with Crippen LogP contribution in [0.15, 0.2) is 48.5 Å². The molecular weight excluding hydrogens is 376 g/mol. The standard InChI is InChI=1S/C21H22N2O6/c1-14-21(27)23(17-7-2-3-8-18(17)29-14)10-9-19(24)22-12-15-5-4-6-16(11-15)28-13-20(25)26/h2-8,11,14H,9-10,12-13H2,1H3,(H,22,24)(H,25,26)/t14-/m1/s1. The van der Waals surface area contributed by atoms with Gasteiger partial charge in [-0.05, 0) is 36.8 Å². The molecule has 152 valence electrons. The fourth-order valence-corrected chi connectivity index (χ4v) is 2.98. The number of carbonyl (C=O) groups excluding carboxylic acids is 2. The van der Waals surface area contributed by atoms with Crippen molar-refractivity contribution in [3.63, 3.8) is 0 Å². The molecule has 1 heterocycles. The smallest absolute Gasteiger partial charge is 0.341 e. The molecular formula is C21H22N2O6.